The van der Waals surface area contributed by atoms with E-state index in [2.05, 4.69) is 0 Å². The van der Waals surface area contributed by atoms with Crippen molar-refractivity contribution in [2.24, 2.45) is 11.8 Å². The van der Waals surface area contributed by atoms with Gasteiger partial charge in [0.2, 0.25) is 0 Å². The highest BCUT2D eigenvalue weighted by Gasteiger charge is 2.44. The van der Waals surface area contributed by atoms with Gasteiger partial charge in [0, 0.05) is 13.0 Å². The number of ketones is 3. The summed E-state index contributed by atoms with van der Waals surface area (Å²) < 4.78 is 0. The SMILES string of the molecule is CCCc1cc(CC)c2c(c1O)C(=O)CC(CC(CCO)C(O)(CO)C(=O)CC(C)=O)C2. The number of phenolic OH excluding ortho intramolecular Hbond substituents is 1. The summed E-state index contributed by atoms with van der Waals surface area (Å²) >= 11 is 0. The summed E-state index contributed by atoms with van der Waals surface area (Å²) in [7, 11) is 0. The van der Waals surface area contributed by atoms with Gasteiger partial charge in [0.15, 0.2) is 11.6 Å². The fraction of sp³-hybridized carbons (Fsp3) is 0.640. The maximum Gasteiger partial charge on any atom is 0.174 e. The Balaban J connectivity index is 2.38. The Kier molecular flexibility index (Phi) is 9.13. The number of aliphatic hydroxyl groups is 3. The average molecular weight is 449 g/mol. The highest BCUT2D eigenvalue weighted by atomic mass is 16.3. The van der Waals surface area contributed by atoms with Crippen molar-refractivity contribution in [1.29, 1.82) is 0 Å². The van der Waals surface area contributed by atoms with Gasteiger partial charge in [0.25, 0.3) is 0 Å². The van der Waals surface area contributed by atoms with Gasteiger partial charge in [0.1, 0.15) is 17.1 Å². The van der Waals surface area contributed by atoms with E-state index in [1.807, 2.05) is 19.9 Å². The zero-order valence-corrected chi connectivity index (χ0v) is 19.3. The maximum atomic E-state index is 13.0. The molecule has 7 nitrogen and oxygen atoms in total. The Morgan fingerprint density at radius 3 is 2.41 bits per heavy atom. The van der Waals surface area contributed by atoms with Gasteiger partial charge in [-0.05, 0) is 67.6 Å². The van der Waals surface area contributed by atoms with Crippen LogP contribution in [0.3, 0.4) is 0 Å². The van der Waals surface area contributed by atoms with Crippen LogP contribution in [0, 0.1) is 11.8 Å². The third-order valence-electron chi connectivity index (χ3n) is 6.63. The number of benzene rings is 1. The molecule has 0 aromatic heterocycles. The van der Waals surface area contributed by atoms with Crippen molar-refractivity contribution in [2.75, 3.05) is 13.2 Å². The van der Waals surface area contributed by atoms with Crippen molar-refractivity contribution in [3.05, 3.63) is 28.3 Å². The van der Waals surface area contributed by atoms with E-state index in [1.54, 1.807) is 0 Å². The molecule has 3 atom stereocenters. The number of phenols is 1. The molecule has 32 heavy (non-hydrogen) atoms. The monoisotopic (exact) mass is 448 g/mol. The number of aryl methyl sites for hydroxylation is 2. The second-order valence-corrected chi connectivity index (χ2v) is 9.03. The standard InChI is InChI=1S/C25H36O7/c1-4-6-18-13-17(5-2)20-11-16(12-21(29)23(20)24(18)31)10-19(7-8-26)25(32,14-27)22(30)9-15(3)28/h13,16,19,26-27,31-32H,4-12,14H2,1-3H3. The van der Waals surface area contributed by atoms with Crippen LogP contribution in [0.15, 0.2) is 6.07 Å². The number of carbonyl (C=O) groups is 3. The van der Waals surface area contributed by atoms with Crippen molar-refractivity contribution >= 4 is 17.3 Å². The van der Waals surface area contributed by atoms with Crippen molar-refractivity contribution in [1.82, 2.24) is 0 Å². The second kappa shape index (κ2) is 11.2. The van der Waals surface area contributed by atoms with E-state index in [-0.39, 0.29) is 43.3 Å². The molecule has 1 aliphatic carbocycles. The zero-order valence-electron chi connectivity index (χ0n) is 19.3. The molecular weight excluding hydrogens is 412 g/mol. The molecule has 2 rings (SSSR count). The molecule has 178 valence electrons. The van der Waals surface area contributed by atoms with Crippen LogP contribution in [-0.2, 0) is 28.9 Å². The van der Waals surface area contributed by atoms with Gasteiger partial charge in [-0.1, -0.05) is 26.3 Å². The first-order valence-electron chi connectivity index (χ1n) is 11.5. The number of aromatic hydroxyl groups is 1. The van der Waals surface area contributed by atoms with E-state index in [0.29, 0.717) is 24.8 Å². The molecule has 0 amide bonds. The van der Waals surface area contributed by atoms with Crippen LogP contribution >= 0.6 is 0 Å². The Morgan fingerprint density at radius 2 is 1.88 bits per heavy atom. The summed E-state index contributed by atoms with van der Waals surface area (Å²) in [5, 5.41) is 41.1. The topological polar surface area (TPSA) is 132 Å². The molecule has 0 radical (unpaired) electrons. The molecule has 0 heterocycles. The summed E-state index contributed by atoms with van der Waals surface area (Å²) in [6, 6.07) is 1.96. The minimum absolute atomic E-state index is 0.0536. The fourth-order valence-corrected chi connectivity index (χ4v) is 4.96. The summed E-state index contributed by atoms with van der Waals surface area (Å²) in [4.78, 5) is 37.0. The van der Waals surface area contributed by atoms with Crippen LogP contribution in [-0.4, -0.2) is 56.6 Å². The Morgan fingerprint density at radius 1 is 1.19 bits per heavy atom. The average Bonchev–Trinajstić information content (AvgIpc) is 2.74. The zero-order chi connectivity index (χ0) is 24.1. The lowest BCUT2D eigenvalue weighted by molar-refractivity contribution is -0.152. The molecule has 1 aromatic carbocycles. The van der Waals surface area contributed by atoms with E-state index in [9.17, 15) is 34.8 Å². The first-order chi connectivity index (χ1) is 15.1. The summed E-state index contributed by atoms with van der Waals surface area (Å²) in [6.45, 7) is 4.08. The lowest BCUT2D eigenvalue weighted by atomic mass is 9.70. The number of rotatable bonds is 12. The Bertz CT molecular complexity index is 860. The van der Waals surface area contributed by atoms with Crippen LogP contribution in [0.25, 0.3) is 0 Å². The van der Waals surface area contributed by atoms with Gasteiger partial charge in [0.05, 0.1) is 18.6 Å². The lowest BCUT2D eigenvalue weighted by Gasteiger charge is -2.37. The number of fused-ring (bicyclic) bond motifs is 1. The minimum Gasteiger partial charge on any atom is -0.507 e. The van der Waals surface area contributed by atoms with E-state index in [1.165, 1.54) is 6.92 Å². The molecule has 1 aromatic rings. The highest BCUT2D eigenvalue weighted by molar-refractivity contribution is 6.03. The van der Waals surface area contributed by atoms with Crippen LogP contribution in [0.5, 0.6) is 5.75 Å². The molecular formula is C25H36O7. The van der Waals surface area contributed by atoms with Crippen molar-refractivity contribution in [2.45, 2.75) is 77.7 Å². The Hall–Kier alpha value is -2.09. The molecule has 0 saturated heterocycles. The summed E-state index contributed by atoms with van der Waals surface area (Å²) in [5.74, 6) is -2.34. The highest BCUT2D eigenvalue weighted by Crippen LogP contribution is 2.41. The molecule has 0 fully saturated rings. The largest absolute Gasteiger partial charge is 0.507 e. The first-order valence-corrected chi connectivity index (χ1v) is 11.5. The first kappa shape index (κ1) is 26.2. The summed E-state index contributed by atoms with van der Waals surface area (Å²) in [5.41, 5.74) is 0.809. The van der Waals surface area contributed by atoms with Gasteiger partial charge in [-0.15, -0.1) is 0 Å². The van der Waals surface area contributed by atoms with E-state index in [0.717, 1.165) is 23.1 Å². The van der Waals surface area contributed by atoms with E-state index < -0.39 is 36.1 Å². The number of hydrogen-bond acceptors (Lipinski definition) is 7. The van der Waals surface area contributed by atoms with Gasteiger partial charge in [-0.25, -0.2) is 0 Å². The van der Waals surface area contributed by atoms with Crippen molar-refractivity contribution in [3.63, 3.8) is 0 Å². The van der Waals surface area contributed by atoms with Gasteiger partial charge in [-0.3, -0.25) is 14.4 Å². The van der Waals surface area contributed by atoms with E-state index >= 15 is 0 Å². The van der Waals surface area contributed by atoms with Crippen LogP contribution in [0.4, 0.5) is 0 Å². The minimum atomic E-state index is -2.15. The molecule has 0 bridgehead atoms. The number of hydrogen-bond donors (Lipinski definition) is 4. The molecule has 0 aliphatic heterocycles. The predicted octanol–water partition coefficient (Wildman–Crippen LogP) is 2.31. The molecule has 7 heteroatoms. The normalized spacial score (nSPS) is 18.7. The molecule has 0 saturated carbocycles. The summed E-state index contributed by atoms with van der Waals surface area (Å²) in [6.07, 6.45) is 2.66. The quantitative estimate of drug-likeness (QED) is 0.361. The lowest BCUT2D eigenvalue weighted by Crippen LogP contribution is -2.51. The smallest absolute Gasteiger partial charge is 0.174 e. The molecule has 3 unspecified atom stereocenters. The molecule has 4 N–H and O–H groups in total. The van der Waals surface area contributed by atoms with Gasteiger partial charge in [-0.2, -0.15) is 0 Å². The van der Waals surface area contributed by atoms with Crippen LogP contribution < -0.4 is 0 Å². The van der Waals surface area contributed by atoms with Crippen molar-refractivity contribution in [3.8, 4) is 5.75 Å². The third-order valence-corrected chi connectivity index (χ3v) is 6.63. The van der Waals surface area contributed by atoms with Crippen molar-refractivity contribution < 1.29 is 34.8 Å². The third kappa shape index (κ3) is 5.45. The number of Topliss-reactive ketones (excluding diaryl/α,β-unsaturated/α-hetero) is 3. The second-order valence-electron chi connectivity index (χ2n) is 9.03. The van der Waals surface area contributed by atoms with Gasteiger partial charge < -0.3 is 20.4 Å². The van der Waals surface area contributed by atoms with E-state index in [4.69, 9.17) is 0 Å². The fourth-order valence-electron chi connectivity index (χ4n) is 4.96. The van der Waals surface area contributed by atoms with Crippen LogP contribution in [0.2, 0.25) is 0 Å². The van der Waals surface area contributed by atoms with Gasteiger partial charge >= 0.3 is 0 Å². The molecule has 1 aliphatic rings. The number of aliphatic hydroxyl groups excluding tert-OH is 2. The number of carbonyl (C=O) groups excluding carboxylic acids is 3. The maximum absolute atomic E-state index is 13.0. The predicted molar refractivity (Wildman–Crippen MR) is 120 cm³/mol. The Labute approximate surface area is 189 Å². The van der Waals surface area contributed by atoms with Crippen LogP contribution in [0.1, 0.15) is 79.9 Å². The molecule has 0 spiro atoms.